The molecule has 4 heteroatoms. The Hall–Kier alpha value is -1.42. The number of hydrogen-bond donors (Lipinski definition) is 1. The summed E-state index contributed by atoms with van der Waals surface area (Å²) in [5, 5.41) is 3.64. The monoisotopic (exact) mass is 196 g/mol. The van der Waals surface area contributed by atoms with Gasteiger partial charge in [0.25, 0.3) is 0 Å². The molecule has 76 valence electrons. The van der Waals surface area contributed by atoms with Crippen LogP contribution in [-0.4, -0.2) is 12.3 Å². The number of nitrogens with zero attached hydrogens (tertiary/aromatic N) is 1. The van der Waals surface area contributed by atoms with Crippen molar-refractivity contribution in [2.75, 3.05) is 0 Å². The summed E-state index contributed by atoms with van der Waals surface area (Å²) in [6, 6.07) is 5.94. The summed E-state index contributed by atoms with van der Waals surface area (Å²) in [5.74, 6) is -0.257. The van der Waals surface area contributed by atoms with Gasteiger partial charge in [-0.2, -0.15) is 0 Å². The van der Waals surface area contributed by atoms with Gasteiger partial charge in [-0.3, -0.25) is 0 Å². The van der Waals surface area contributed by atoms with E-state index in [4.69, 9.17) is 10.6 Å². The van der Waals surface area contributed by atoms with Crippen molar-refractivity contribution in [2.24, 2.45) is 10.9 Å². The second-order valence-electron chi connectivity index (χ2n) is 3.01. The van der Waals surface area contributed by atoms with Crippen molar-refractivity contribution in [1.29, 1.82) is 0 Å². The molecular weight excluding hydrogens is 183 g/mol. The molecule has 1 aromatic carbocycles. The predicted molar refractivity (Wildman–Crippen MR) is 53.3 cm³/mol. The highest BCUT2D eigenvalue weighted by Gasteiger charge is 1.93. The first-order chi connectivity index (χ1) is 6.68. The third-order valence-electron chi connectivity index (χ3n) is 1.52. The maximum Gasteiger partial charge on any atom is 0.142 e. The van der Waals surface area contributed by atoms with E-state index in [0.717, 1.165) is 5.56 Å². The molecule has 0 aliphatic heterocycles. The minimum absolute atomic E-state index is 0.122. The number of oxime groups is 1. The van der Waals surface area contributed by atoms with Crippen LogP contribution in [0.5, 0.6) is 0 Å². The molecular formula is C10H13FN2O. The summed E-state index contributed by atoms with van der Waals surface area (Å²) < 4.78 is 12.5. The Morgan fingerprint density at radius 3 is 2.71 bits per heavy atom. The van der Waals surface area contributed by atoms with E-state index < -0.39 is 0 Å². The predicted octanol–water partition coefficient (Wildman–Crippen LogP) is 1.68. The van der Waals surface area contributed by atoms with Gasteiger partial charge in [-0.15, -0.1) is 0 Å². The highest BCUT2D eigenvalue weighted by atomic mass is 19.1. The third-order valence-corrected chi connectivity index (χ3v) is 1.52. The van der Waals surface area contributed by atoms with Crippen molar-refractivity contribution >= 4 is 6.21 Å². The summed E-state index contributed by atoms with van der Waals surface area (Å²) in [6.45, 7) is 2.12. The van der Waals surface area contributed by atoms with Crippen molar-refractivity contribution in [1.82, 2.24) is 0 Å². The van der Waals surface area contributed by atoms with Gasteiger partial charge in [0.15, 0.2) is 0 Å². The van der Waals surface area contributed by atoms with Crippen molar-refractivity contribution in [2.45, 2.75) is 19.6 Å². The molecule has 0 aromatic heterocycles. The molecule has 14 heavy (non-hydrogen) atoms. The molecule has 0 bridgehead atoms. The van der Waals surface area contributed by atoms with Crippen LogP contribution in [0, 0.1) is 5.82 Å². The number of hydrogen-bond acceptors (Lipinski definition) is 3. The van der Waals surface area contributed by atoms with Gasteiger partial charge in [-0.25, -0.2) is 4.39 Å². The van der Waals surface area contributed by atoms with E-state index in [9.17, 15) is 4.39 Å². The van der Waals surface area contributed by atoms with Crippen molar-refractivity contribution in [3.05, 3.63) is 35.6 Å². The first kappa shape index (κ1) is 10.7. The summed E-state index contributed by atoms with van der Waals surface area (Å²) in [4.78, 5) is 4.94. The van der Waals surface area contributed by atoms with Crippen LogP contribution in [0.15, 0.2) is 29.4 Å². The third kappa shape index (κ3) is 4.00. The first-order valence-electron chi connectivity index (χ1n) is 4.34. The fourth-order valence-electron chi connectivity index (χ4n) is 0.831. The molecule has 1 atom stereocenters. The quantitative estimate of drug-likeness (QED) is 0.588. The smallest absolute Gasteiger partial charge is 0.142 e. The van der Waals surface area contributed by atoms with Crippen LogP contribution >= 0.6 is 0 Å². The Morgan fingerprint density at radius 2 is 2.14 bits per heavy atom. The van der Waals surface area contributed by atoms with Crippen LogP contribution in [0.1, 0.15) is 12.5 Å². The molecule has 0 heterocycles. The van der Waals surface area contributed by atoms with E-state index in [2.05, 4.69) is 5.16 Å². The Kier molecular flexibility index (Phi) is 4.07. The molecule has 0 radical (unpaired) electrons. The minimum Gasteiger partial charge on any atom is -0.391 e. The largest absolute Gasteiger partial charge is 0.391 e. The molecule has 0 fully saturated rings. The van der Waals surface area contributed by atoms with Gasteiger partial charge in [-0.05, 0) is 24.6 Å². The van der Waals surface area contributed by atoms with Gasteiger partial charge in [0.2, 0.25) is 0 Å². The Balaban J connectivity index is 2.35. The summed E-state index contributed by atoms with van der Waals surface area (Å²) in [6.07, 6.45) is 1.50. The fraction of sp³-hybridized carbons (Fsp3) is 0.300. The highest BCUT2D eigenvalue weighted by molar-refractivity contribution is 5.62. The summed E-state index contributed by atoms with van der Waals surface area (Å²) >= 11 is 0. The molecule has 0 aliphatic rings. The average molecular weight is 196 g/mol. The molecule has 3 nitrogen and oxygen atoms in total. The van der Waals surface area contributed by atoms with Crippen LogP contribution in [-0.2, 0) is 11.4 Å². The number of halogens is 1. The number of rotatable bonds is 4. The normalized spacial score (nSPS) is 13.1. The molecule has 0 spiro atoms. The number of benzene rings is 1. The van der Waals surface area contributed by atoms with Crippen molar-refractivity contribution in [3.8, 4) is 0 Å². The Labute approximate surface area is 82.4 Å². The fourth-order valence-corrected chi connectivity index (χ4v) is 0.831. The van der Waals surface area contributed by atoms with Crippen molar-refractivity contribution in [3.63, 3.8) is 0 Å². The van der Waals surface area contributed by atoms with Gasteiger partial charge in [0, 0.05) is 6.04 Å². The van der Waals surface area contributed by atoms with Gasteiger partial charge >= 0.3 is 0 Å². The van der Waals surface area contributed by atoms with Crippen LogP contribution in [0.3, 0.4) is 0 Å². The van der Waals surface area contributed by atoms with E-state index in [-0.39, 0.29) is 11.9 Å². The average Bonchev–Trinajstić information content (AvgIpc) is 2.15. The van der Waals surface area contributed by atoms with E-state index in [1.807, 2.05) is 0 Å². The standard InChI is InChI=1S/C10H13FN2O/c1-8(12)6-13-14-7-9-2-4-10(11)5-3-9/h2-6,8H,7,12H2,1H3. The van der Waals surface area contributed by atoms with Gasteiger partial charge < -0.3 is 10.6 Å². The lowest BCUT2D eigenvalue weighted by molar-refractivity contribution is 0.131. The van der Waals surface area contributed by atoms with Gasteiger partial charge in [0.05, 0.1) is 6.21 Å². The zero-order valence-corrected chi connectivity index (χ0v) is 7.98. The molecule has 0 aliphatic carbocycles. The van der Waals surface area contributed by atoms with Crippen LogP contribution in [0.25, 0.3) is 0 Å². The van der Waals surface area contributed by atoms with E-state index in [0.29, 0.717) is 6.61 Å². The Bertz CT molecular complexity index is 295. The minimum atomic E-state index is -0.257. The molecule has 2 N–H and O–H groups in total. The first-order valence-corrected chi connectivity index (χ1v) is 4.34. The zero-order chi connectivity index (χ0) is 10.4. The lowest BCUT2D eigenvalue weighted by Gasteiger charge is -1.99. The lowest BCUT2D eigenvalue weighted by Crippen LogP contribution is -2.15. The lowest BCUT2D eigenvalue weighted by atomic mass is 10.2. The zero-order valence-electron chi connectivity index (χ0n) is 7.98. The second kappa shape index (κ2) is 5.34. The summed E-state index contributed by atoms with van der Waals surface area (Å²) in [5.41, 5.74) is 6.28. The van der Waals surface area contributed by atoms with Crippen LogP contribution in [0.4, 0.5) is 4.39 Å². The molecule has 1 rings (SSSR count). The molecule has 0 saturated heterocycles. The number of nitrogens with two attached hydrogens (primary N) is 1. The van der Waals surface area contributed by atoms with Gasteiger partial charge in [-0.1, -0.05) is 17.3 Å². The topological polar surface area (TPSA) is 47.6 Å². The van der Waals surface area contributed by atoms with Crippen LogP contribution < -0.4 is 5.73 Å². The molecule has 0 saturated carbocycles. The van der Waals surface area contributed by atoms with Gasteiger partial charge in [0.1, 0.15) is 12.4 Å². The maximum atomic E-state index is 12.5. The van der Waals surface area contributed by atoms with Crippen LogP contribution in [0.2, 0.25) is 0 Å². The second-order valence-corrected chi connectivity index (χ2v) is 3.01. The molecule has 0 amide bonds. The summed E-state index contributed by atoms with van der Waals surface area (Å²) in [7, 11) is 0. The Morgan fingerprint density at radius 1 is 1.50 bits per heavy atom. The van der Waals surface area contributed by atoms with E-state index in [1.165, 1.54) is 18.3 Å². The maximum absolute atomic E-state index is 12.5. The molecule has 1 aromatic rings. The van der Waals surface area contributed by atoms with Crippen molar-refractivity contribution < 1.29 is 9.23 Å². The SMILES string of the molecule is CC(N)C=NOCc1ccc(F)cc1. The molecule has 1 unspecified atom stereocenters. The van der Waals surface area contributed by atoms with E-state index in [1.54, 1.807) is 19.1 Å². The highest BCUT2D eigenvalue weighted by Crippen LogP contribution is 2.03. The van der Waals surface area contributed by atoms with E-state index >= 15 is 0 Å².